The van der Waals surface area contributed by atoms with E-state index in [-0.39, 0.29) is 0 Å². The van der Waals surface area contributed by atoms with Crippen LogP contribution in [0.25, 0.3) is 0 Å². The lowest BCUT2D eigenvalue weighted by Gasteiger charge is -2.33. The molecule has 3 heterocycles. The third-order valence-electron chi connectivity index (χ3n) is 5.30. The van der Waals surface area contributed by atoms with Gasteiger partial charge in [-0.2, -0.15) is 0 Å². The van der Waals surface area contributed by atoms with Crippen LogP contribution in [0.1, 0.15) is 19.3 Å². The van der Waals surface area contributed by atoms with Gasteiger partial charge < -0.3 is 19.9 Å². The topological polar surface area (TPSA) is 53.5 Å². The summed E-state index contributed by atoms with van der Waals surface area (Å²) in [6.45, 7) is 7.66. The Morgan fingerprint density at radius 3 is 2.88 bits per heavy atom. The average Bonchev–Trinajstić information content (AvgIpc) is 3.13. The van der Waals surface area contributed by atoms with Crippen molar-refractivity contribution >= 4 is 17.6 Å². The maximum atomic E-state index is 5.18. The van der Waals surface area contributed by atoms with E-state index in [2.05, 4.69) is 25.1 Å². The molecule has 2 saturated heterocycles. The number of methoxy groups -OCH3 is 1. The maximum absolute atomic E-state index is 5.18. The monoisotopic (exact) mass is 365 g/mol. The van der Waals surface area contributed by atoms with Crippen LogP contribution in [-0.4, -0.2) is 80.2 Å². The van der Waals surface area contributed by atoms with Crippen LogP contribution in [0.3, 0.4) is 0 Å². The Morgan fingerprint density at radius 2 is 2.12 bits per heavy atom. The Morgan fingerprint density at radius 1 is 1.28 bits per heavy atom. The largest absolute Gasteiger partial charge is 0.383 e. The van der Waals surface area contributed by atoms with Crippen LogP contribution in [0, 0.1) is 5.92 Å². The van der Waals surface area contributed by atoms with E-state index in [0.717, 1.165) is 49.7 Å². The van der Waals surface area contributed by atoms with Crippen molar-refractivity contribution in [3.05, 3.63) is 12.3 Å². The van der Waals surface area contributed by atoms with Crippen molar-refractivity contribution in [1.82, 2.24) is 20.2 Å². The third kappa shape index (κ3) is 5.54. The fourth-order valence-corrected chi connectivity index (χ4v) is 4.11. The van der Waals surface area contributed by atoms with E-state index in [0.29, 0.717) is 6.04 Å². The van der Waals surface area contributed by atoms with Crippen molar-refractivity contribution in [2.75, 3.05) is 64.1 Å². The highest BCUT2D eigenvalue weighted by Gasteiger charge is 2.24. The van der Waals surface area contributed by atoms with Crippen LogP contribution < -0.4 is 10.2 Å². The highest BCUT2D eigenvalue weighted by Crippen LogP contribution is 2.21. The lowest BCUT2D eigenvalue weighted by Crippen LogP contribution is -2.44. The fourth-order valence-electron chi connectivity index (χ4n) is 3.76. The molecule has 0 aliphatic carbocycles. The molecule has 0 spiro atoms. The maximum Gasteiger partial charge on any atom is 0.189 e. The van der Waals surface area contributed by atoms with Crippen LogP contribution in [0.15, 0.2) is 17.4 Å². The molecule has 1 aromatic rings. The lowest BCUT2D eigenvalue weighted by atomic mass is 10.0. The second-order valence-electron chi connectivity index (χ2n) is 7.02. The van der Waals surface area contributed by atoms with Crippen molar-refractivity contribution in [2.45, 2.75) is 30.5 Å². The van der Waals surface area contributed by atoms with E-state index in [1.165, 1.54) is 32.4 Å². The van der Waals surface area contributed by atoms with Gasteiger partial charge in [0.1, 0.15) is 5.82 Å². The summed E-state index contributed by atoms with van der Waals surface area (Å²) in [6.07, 6.45) is 7.59. The highest BCUT2D eigenvalue weighted by molar-refractivity contribution is 7.98. The number of aromatic nitrogens is 2. The van der Waals surface area contributed by atoms with E-state index in [4.69, 9.17) is 4.74 Å². The minimum atomic E-state index is 0.645. The molecule has 0 unspecified atom stereocenters. The van der Waals surface area contributed by atoms with Gasteiger partial charge in [-0.25, -0.2) is 9.97 Å². The van der Waals surface area contributed by atoms with Crippen LogP contribution in [0.4, 0.5) is 5.82 Å². The first-order valence-corrected chi connectivity index (χ1v) is 10.6. The number of nitrogens with zero attached hydrogens (tertiary/aromatic N) is 4. The summed E-state index contributed by atoms with van der Waals surface area (Å²) in [5.41, 5.74) is 0. The number of hydrogen-bond acceptors (Lipinski definition) is 7. The molecule has 6 nitrogen and oxygen atoms in total. The predicted octanol–water partition coefficient (Wildman–Crippen LogP) is 1.73. The van der Waals surface area contributed by atoms with Crippen molar-refractivity contribution in [3.63, 3.8) is 0 Å². The van der Waals surface area contributed by atoms with E-state index in [1.54, 1.807) is 18.9 Å². The number of anilines is 1. The third-order valence-corrected chi connectivity index (χ3v) is 5.86. The molecule has 7 heteroatoms. The van der Waals surface area contributed by atoms with E-state index < -0.39 is 0 Å². The minimum Gasteiger partial charge on any atom is -0.383 e. The standard InChI is InChI=1S/C18H31N5OS/c1-24-12-11-22-8-4-15(14-22)13-20-16-5-9-23(10-6-16)17-3-7-19-18(21-17)25-2/h3,7,15-16,20H,4-6,8-14H2,1-2H3/t15-/m1/s1. The van der Waals surface area contributed by atoms with Gasteiger partial charge in [-0.05, 0) is 50.6 Å². The van der Waals surface area contributed by atoms with Crippen LogP contribution in [-0.2, 0) is 4.74 Å². The molecule has 1 atom stereocenters. The minimum absolute atomic E-state index is 0.645. The Labute approximate surface area is 155 Å². The van der Waals surface area contributed by atoms with Gasteiger partial charge in [0.15, 0.2) is 5.16 Å². The van der Waals surface area contributed by atoms with Crippen molar-refractivity contribution < 1.29 is 4.74 Å². The molecule has 0 amide bonds. The molecule has 0 saturated carbocycles. The molecule has 0 aromatic carbocycles. The molecular weight excluding hydrogens is 334 g/mol. The SMILES string of the molecule is COCCN1CC[C@H](CNC2CCN(c3ccnc(SC)n3)CC2)C1. The second-order valence-corrected chi connectivity index (χ2v) is 7.79. The van der Waals surface area contributed by atoms with Crippen molar-refractivity contribution in [2.24, 2.45) is 5.92 Å². The summed E-state index contributed by atoms with van der Waals surface area (Å²) < 4.78 is 5.18. The highest BCUT2D eigenvalue weighted by atomic mass is 32.2. The Kier molecular flexibility index (Phi) is 7.34. The van der Waals surface area contributed by atoms with E-state index in [1.807, 2.05) is 18.5 Å². The van der Waals surface area contributed by atoms with E-state index in [9.17, 15) is 0 Å². The number of rotatable bonds is 8. The van der Waals surface area contributed by atoms with Crippen LogP contribution >= 0.6 is 11.8 Å². The van der Waals surface area contributed by atoms with Crippen LogP contribution in [0.5, 0.6) is 0 Å². The lowest BCUT2D eigenvalue weighted by molar-refractivity contribution is 0.158. The first-order valence-electron chi connectivity index (χ1n) is 9.35. The summed E-state index contributed by atoms with van der Waals surface area (Å²) in [6, 6.07) is 2.67. The van der Waals surface area contributed by atoms with Gasteiger partial charge in [-0.15, -0.1) is 0 Å². The zero-order valence-corrected chi connectivity index (χ0v) is 16.3. The number of nitrogens with one attached hydrogen (secondary N) is 1. The van der Waals surface area contributed by atoms with Gasteiger partial charge in [-0.3, -0.25) is 0 Å². The van der Waals surface area contributed by atoms with Crippen molar-refractivity contribution in [3.8, 4) is 0 Å². The number of likely N-dealkylation sites (tertiary alicyclic amines) is 1. The zero-order chi connectivity index (χ0) is 17.5. The number of piperidine rings is 1. The molecule has 2 aliphatic rings. The summed E-state index contributed by atoms with van der Waals surface area (Å²) in [5.74, 6) is 1.86. The normalized spacial score (nSPS) is 22.6. The van der Waals surface area contributed by atoms with Gasteiger partial charge in [0, 0.05) is 45.5 Å². The smallest absolute Gasteiger partial charge is 0.189 e. The molecule has 2 fully saturated rings. The van der Waals surface area contributed by atoms with Gasteiger partial charge in [0.05, 0.1) is 6.61 Å². The van der Waals surface area contributed by atoms with Crippen molar-refractivity contribution in [1.29, 1.82) is 0 Å². The average molecular weight is 366 g/mol. The summed E-state index contributed by atoms with van der Waals surface area (Å²) >= 11 is 1.60. The predicted molar refractivity (Wildman–Crippen MR) is 103 cm³/mol. The fraction of sp³-hybridized carbons (Fsp3) is 0.778. The molecule has 1 N–H and O–H groups in total. The molecule has 3 rings (SSSR count). The first-order chi connectivity index (χ1) is 12.3. The number of hydrogen-bond donors (Lipinski definition) is 1. The molecule has 2 aliphatic heterocycles. The zero-order valence-electron chi connectivity index (χ0n) is 15.5. The van der Waals surface area contributed by atoms with Gasteiger partial charge in [0.2, 0.25) is 0 Å². The summed E-state index contributed by atoms with van der Waals surface area (Å²) in [4.78, 5) is 13.8. The van der Waals surface area contributed by atoms with E-state index >= 15 is 0 Å². The van der Waals surface area contributed by atoms with Gasteiger partial charge in [-0.1, -0.05) is 11.8 Å². The Balaban J connectivity index is 1.37. The number of ether oxygens (including phenoxy) is 1. The molecular formula is C18H31N5OS. The molecule has 1 aromatic heterocycles. The van der Waals surface area contributed by atoms with Gasteiger partial charge in [0.25, 0.3) is 0 Å². The quantitative estimate of drug-likeness (QED) is 0.556. The first kappa shape index (κ1) is 18.9. The Hall–Kier alpha value is -0.890. The molecule has 0 bridgehead atoms. The van der Waals surface area contributed by atoms with Gasteiger partial charge >= 0.3 is 0 Å². The number of thioether (sulfide) groups is 1. The Bertz CT molecular complexity index is 524. The summed E-state index contributed by atoms with van der Waals surface area (Å²) in [7, 11) is 1.78. The molecule has 140 valence electrons. The summed E-state index contributed by atoms with van der Waals surface area (Å²) in [5, 5.41) is 4.67. The molecule has 0 radical (unpaired) electrons. The molecule has 25 heavy (non-hydrogen) atoms. The van der Waals surface area contributed by atoms with Crippen LogP contribution in [0.2, 0.25) is 0 Å². The second kappa shape index (κ2) is 9.71.